The fourth-order valence-corrected chi connectivity index (χ4v) is 2.25. The summed E-state index contributed by atoms with van der Waals surface area (Å²) in [5.41, 5.74) is 1.99. The smallest absolute Gasteiger partial charge is 0.246 e. The number of Topliss-reactive ketones (excluding diaryl/α,β-unsaturated/α-hetero) is 1. The molecule has 1 aromatic heterocycles. The molecule has 5 heteroatoms. The fraction of sp³-hybridized carbons (Fsp3) is 0.235. The van der Waals surface area contributed by atoms with Gasteiger partial charge in [-0.25, -0.2) is 0 Å². The lowest BCUT2D eigenvalue weighted by molar-refractivity contribution is -0.120. The number of nitrogens with one attached hydrogen (secondary N) is 1. The van der Waals surface area contributed by atoms with E-state index in [-0.39, 0.29) is 11.7 Å². The molecule has 0 spiro atoms. The predicted octanol–water partition coefficient (Wildman–Crippen LogP) is 2.53. The number of amides is 1. The number of hydrogen-bond donors (Lipinski definition) is 1. The molecule has 0 radical (unpaired) electrons. The molecular weight excluding hydrogens is 278 g/mol. The van der Waals surface area contributed by atoms with Crippen LogP contribution in [0.15, 0.2) is 48.8 Å². The Labute approximate surface area is 130 Å². The minimum Gasteiger partial charge on any atom is -0.324 e. The van der Waals surface area contributed by atoms with Gasteiger partial charge in [0.05, 0.1) is 0 Å². The van der Waals surface area contributed by atoms with Crippen molar-refractivity contribution in [1.29, 1.82) is 0 Å². The number of carbonyl (C=O) groups is 2. The van der Waals surface area contributed by atoms with Gasteiger partial charge in [-0.15, -0.1) is 0 Å². The molecule has 0 aliphatic heterocycles. The summed E-state index contributed by atoms with van der Waals surface area (Å²) in [7, 11) is 3.67. The Kier molecular flexibility index (Phi) is 5.01. The number of rotatable bonds is 5. The van der Waals surface area contributed by atoms with Crippen LogP contribution in [0.3, 0.4) is 0 Å². The van der Waals surface area contributed by atoms with Crippen LogP contribution in [0.2, 0.25) is 0 Å². The van der Waals surface area contributed by atoms with Crippen molar-refractivity contribution in [3.8, 4) is 0 Å². The lowest BCUT2D eigenvalue weighted by Gasteiger charge is -2.23. The predicted molar refractivity (Wildman–Crippen MR) is 85.7 cm³/mol. The van der Waals surface area contributed by atoms with Crippen molar-refractivity contribution in [2.45, 2.75) is 13.0 Å². The maximum Gasteiger partial charge on any atom is 0.246 e. The number of nitrogens with zero attached hydrogens (tertiary/aromatic N) is 2. The number of ketones is 1. The summed E-state index contributed by atoms with van der Waals surface area (Å²) in [5, 5.41) is 2.86. The van der Waals surface area contributed by atoms with Crippen molar-refractivity contribution >= 4 is 17.4 Å². The van der Waals surface area contributed by atoms with Gasteiger partial charge in [-0.2, -0.15) is 0 Å². The Bertz CT molecular complexity index is 669. The molecule has 1 N–H and O–H groups in total. The minimum atomic E-state index is -0.449. The number of benzene rings is 1. The van der Waals surface area contributed by atoms with Gasteiger partial charge in [0.25, 0.3) is 0 Å². The van der Waals surface area contributed by atoms with E-state index < -0.39 is 6.04 Å². The van der Waals surface area contributed by atoms with E-state index in [1.807, 2.05) is 25.1 Å². The maximum absolute atomic E-state index is 12.6. The van der Waals surface area contributed by atoms with Crippen LogP contribution in [-0.4, -0.2) is 35.7 Å². The van der Waals surface area contributed by atoms with E-state index in [9.17, 15) is 9.59 Å². The van der Waals surface area contributed by atoms with Crippen LogP contribution < -0.4 is 5.32 Å². The van der Waals surface area contributed by atoms with Crippen LogP contribution in [0, 0.1) is 0 Å². The summed E-state index contributed by atoms with van der Waals surface area (Å²) in [6.45, 7) is 1.50. The van der Waals surface area contributed by atoms with Crippen molar-refractivity contribution in [2.24, 2.45) is 0 Å². The normalized spacial score (nSPS) is 12.0. The first-order valence-electron chi connectivity index (χ1n) is 6.97. The Hall–Kier alpha value is -2.53. The molecule has 0 aliphatic rings. The summed E-state index contributed by atoms with van der Waals surface area (Å²) in [5.74, 6) is -0.203. The standard InChI is InChI=1S/C17H19N3O2/c1-12(21)13-6-4-8-15(10-13)19-17(22)16(20(2)3)14-7-5-9-18-11-14/h4-11,16H,1-3H3,(H,19,22). The van der Waals surface area contributed by atoms with E-state index in [2.05, 4.69) is 10.3 Å². The number of hydrogen-bond acceptors (Lipinski definition) is 4. The van der Waals surface area contributed by atoms with E-state index in [0.717, 1.165) is 5.56 Å². The van der Waals surface area contributed by atoms with Crippen molar-refractivity contribution in [3.63, 3.8) is 0 Å². The highest BCUT2D eigenvalue weighted by Gasteiger charge is 2.23. The van der Waals surface area contributed by atoms with Crippen LogP contribution in [0.5, 0.6) is 0 Å². The number of likely N-dealkylation sites (N-methyl/N-ethyl adjacent to an activating group) is 1. The second kappa shape index (κ2) is 6.95. The first-order valence-corrected chi connectivity index (χ1v) is 6.97. The number of pyridine rings is 1. The molecule has 5 nitrogen and oxygen atoms in total. The van der Waals surface area contributed by atoms with Crippen molar-refractivity contribution < 1.29 is 9.59 Å². The van der Waals surface area contributed by atoms with Crippen LogP contribution >= 0.6 is 0 Å². The molecular formula is C17H19N3O2. The highest BCUT2D eigenvalue weighted by Crippen LogP contribution is 2.20. The Morgan fingerprint density at radius 3 is 2.55 bits per heavy atom. The highest BCUT2D eigenvalue weighted by molar-refractivity contribution is 5.98. The number of aromatic nitrogens is 1. The molecule has 0 fully saturated rings. The fourth-order valence-electron chi connectivity index (χ4n) is 2.25. The van der Waals surface area contributed by atoms with E-state index in [1.165, 1.54) is 6.92 Å². The highest BCUT2D eigenvalue weighted by atomic mass is 16.2. The van der Waals surface area contributed by atoms with Gasteiger partial charge in [-0.05, 0) is 44.8 Å². The zero-order chi connectivity index (χ0) is 16.1. The summed E-state index contributed by atoms with van der Waals surface area (Å²) < 4.78 is 0. The zero-order valence-corrected chi connectivity index (χ0v) is 12.9. The molecule has 22 heavy (non-hydrogen) atoms. The lowest BCUT2D eigenvalue weighted by Crippen LogP contribution is -2.32. The van der Waals surface area contributed by atoms with Crippen molar-refractivity contribution in [2.75, 3.05) is 19.4 Å². The van der Waals surface area contributed by atoms with Gasteiger partial charge in [-0.1, -0.05) is 18.2 Å². The van der Waals surface area contributed by atoms with Crippen LogP contribution in [-0.2, 0) is 4.79 Å². The third kappa shape index (κ3) is 3.77. The first kappa shape index (κ1) is 15.9. The number of anilines is 1. The molecule has 1 aromatic carbocycles. The molecule has 0 bridgehead atoms. The van der Waals surface area contributed by atoms with E-state index >= 15 is 0 Å². The molecule has 0 saturated carbocycles. The lowest BCUT2D eigenvalue weighted by atomic mass is 10.1. The molecule has 0 aliphatic carbocycles. The molecule has 0 saturated heterocycles. The topological polar surface area (TPSA) is 62.3 Å². The molecule has 1 atom stereocenters. The van der Waals surface area contributed by atoms with Gasteiger partial charge in [0, 0.05) is 23.6 Å². The quantitative estimate of drug-likeness (QED) is 0.861. The number of carbonyl (C=O) groups excluding carboxylic acids is 2. The van der Waals surface area contributed by atoms with Gasteiger partial charge in [0.1, 0.15) is 6.04 Å². The third-order valence-electron chi connectivity index (χ3n) is 3.30. The van der Waals surface area contributed by atoms with Gasteiger partial charge >= 0.3 is 0 Å². The summed E-state index contributed by atoms with van der Waals surface area (Å²) in [6.07, 6.45) is 3.35. The molecule has 1 amide bonds. The van der Waals surface area contributed by atoms with Crippen molar-refractivity contribution in [1.82, 2.24) is 9.88 Å². The average Bonchev–Trinajstić information content (AvgIpc) is 2.48. The van der Waals surface area contributed by atoms with Crippen molar-refractivity contribution in [3.05, 3.63) is 59.9 Å². The third-order valence-corrected chi connectivity index (χ3v) is 3.30. The van der Waals surface area contributed by atoms with Gasteiger partial charge < -0.3 is 5.32 Å². The molecule has 1 unspecified atom stereocenters. The largest absolute Gasteiger partial charge is 0.324 e. The molecule has 2 aromatic rings. The van der Waals surface area contributed by atoms with Gasteiger partial charge in [-0.3, -0.25) is 19.5 Å². The van der Waals surface area contributed by atoms with Gasteiger partial charge in [0.2, 0.25) is 5.91 Å². The average molecular weight is 297 g/mol. The Balaban J connectivity index is 2.22. The van der Waals surface area contributed by atoms with E-state index in [4.69, 9.17) is 0 Å². The Morgan fingerprint density at radius 1 is 1.18 bits per heavy atom. The molecule has 2 rings (SSSR count). The monoisotopic (exact) mass is 297 g/mol. The molecule has 1 heterocycles. The zero-order valence-electron chi connectivity index (χ0n) is 12.9. The van der Waals surface area contributed by atoms with Crippen LogP contribution in [0.25, 0.3) is 0 Å². The maximum atomic E-state index is 12.6. The minimum absolute atomic E-state index is 0.0347. The summed E-state index contributed by atoms with van der Waals surface area (Å²) in [4.78, 5) is 29.9. The van der Waals surface area contributed by atoms with Crippen LogP contribution in [0.1, 0.15) is 28.9 Å². The van der Waals surface area contributed by atoms with Gasteiger partial charge in [0.15, 0.2) is 5.78 Å². The summed E-state index contributed by atoms with van der Waals surface area (Å²) in [6, 6.07) is 10.1. The molecule has 114 valence electrons. The van der Waals surface area contributed by atoms with Crippen LogP contribution in [0.4, 0.5) is 5.69 Å². The summed E-state index contributed by atoms with van der Waals surface area (Å²) >= 11 is 0. The van der Waals surface area contributed by atoms with E-state index in [1.54, 1.807) is 42.7 Å². The second-order valence-electron chi connectivity index (χ2n) is 5.28. The first-order chi connectivity index (χ1) is 10.5. The second-order valence-corrected chi connectivity index (χ2v) is 5.28. The SMILES string of the molecule is CC(=O)c1cccc(NC(=O)C(c2cccnc2)N(C)C)c1. The van der Waals surface area contributed by atoms with E-state index in [0.29, 0.717) is 11.3 Å². The Morgan fingerprint density at radius 2 is 1.95 bits per heavy atom.